The predicted molar refractivity (Wildman–Crippen MR) is 100 cm³/mol. The highest BCUT2D eigenvalue weighted by Gasteiger charge is 2.35. The van der Waals surface area contributed by atoms with Crippen LogP contribution in [0.2, 0.25) is 0 Å². The molecule has 0 aliphatic carbocycles. The van der Waals surface area contributed by atoms with E-state index in [1.54, 1.807) is 13.8 Å². The summed E-state index contributed by atoms with van der Waals surface area (Å²) in [7, 11) is 0. The van der Waals surface area contributed by atoms with E-state index in [2.05, 4.69) is 5.32 Å². The van der Waals surface area contributed by atoms with Crippen molar-refractivity contribution in [1.29, 1.82) is 0 Å². The van der Waals surface area contributed by atoms with Crippen LogP contribution in [-0.2, 0) is 30.2 Å². The van der Waals surface area contributed by atoms with Gasteiger partial charge >= 0.3 is 18.0 Å². The Morgan fingerprint density at radius 1 is 1.07 bits per heavy atom. The van der Waals surface area contributed by atoms with E-state index < -0.39 is 30.2 Å². The van der Waals surface area contributed by atoms with E-state index in [-0.39, 0.29) is 19.1 Å². The minimum Gasteiger partial charge on any atom is -0.460 e. The minimum absolute atomic E-state index is 0.273. The van der Waals surface area contributed by atoms with Gasteiger partial charge in [0, 0.05) is 6.92 Å². The van der Waals surface area contributed by atoms with Gasteiger partial charge in [0.1, 0.15) is 0 Å². The summed E-state index contributed by atoms with van der Waals surface area (Å²) >= 11 is 0. The van der Waals surface area contributed by atoms with E-state index >= 15 is 0 Å². The van der Waals surface area contributed by atoms with E-state index in [4.69, 9.17) is 14.2 Å². The molecule has 27 heavy (non-hydrogen) atoms. The number of nitrogens with one attached hydrogen (secondary N) is 1. The Morgan fingerprint density at radius 2 is 1.74 bits per heavy atom. The summed E-state index contributed by atoms with van der Waals surface area (Å²) in [5.41, 5.74) is 0.867. The van der Waals surface area contributed by atoms with E-state index in [1.807, 2.05) is 37.3 Å². The Hall–Kier alpha value is -2.57. The maximum atomic E-state index is 12.5. The first kappa shape index (κ1) is 22.5. The zero-order valence-corrected chi connectivity index (χ0v) is 16.4. The Labute approximate surface area is 160 Å². The van der Waals surface area contributed by atoms with Gasteiger partial charge in [0.2, 0.25) is 6.10 Å². The summed E-state index contributed by atoms with van der Waals surface area (Å²) in [6, 6.07) is 8.45. The number of amides is 1. The maximum absolute atomic E-state index is 12.5. The summed E-state index contributed by atoms with van der Waals surface area (Å²) in [5, 5.41) is 2.64. The van der Waals surface area contributed by atoms with Crippen molar-refractivity contribution < 1.29 is 28.6 Å². The van der Waals surface area contributed by atoms with Crippen molar-refractivity contribution in [1.82, 2.24) is 5.32 Å². The molecule has 1 aromatic rings. The standard InChI is InChI=1S/C20H29NO6/c1-5-6-12-25-20(24)21-17(13-16-10-8-7-9-11-16)18(27-15(4)22)19(23)26-14(2)3/h7-11,14,17-18H,5-6,12-13H2,1-4H3,(H,21,24)/t17-,18+/m0/s1. The monoisotopic (exact) mass is 379 g/mol. The first-order valence-corrected chi connectivity index (χ1v) is 9.18. The first-order chi connectivity index (χ1) is 12.8. The van der Waals surface area contributed by atoms with Gasteiger partial charge in [-0.05, 0) is 32.3 Å². The van der Waals surface area contributed by atoms with Gasteiger partial charge < -0.3 is 19.5 Å². The summed E-state index contributed by atoms with van der Waals surface area (Å²) in [6.07, 6.45) is -0.432. The summed E-state index contributed by atoms with van der Waals surface area (Å²) in [4.78, 5) is 36.1. The topological polar surface area (TPSA) is 90.9 Å². The fraction of sp³-hybridized carbons (Fsp3) is 0.550. The molecule has 0 aliphatic rings. The normalized spacial score (nSPS) is 12.8. The average Bonchev–Trinajstić information content (AvgIpc) is 2.59. The number of hydrogen-bond acceptors (Lipinski definition) is 6. The molecule has 0 heterocycles. The van der Waals surface area contributed by atoms with Crippen molar-refractivity contribution in [3.63, 3.8) is 0 Å². The molecule has 0 aliphatic heterocycles. The molecule has 0 unspecified atom stereocenters. The Balaban J connectivity index is 2.99. The van der Waals surface area contributed by atoms with Crippen LogP contribution >= 0.6 is 0 Å². The van der Waals surface area contributed by atoms with E-state index in [9.17, 15) is 14.4 Å². The highest BCUT2D eigenvalue weighted by Crippen LogP contribution is 2.12. The molecule has 0 saturated heterocycles. The number of carbonyl (C=O) groups is 3. The Morgan fingerprint density at radius 3 is 2.30 bits per heavy atom. The van der Waals surface area contributed by atoms with E-state index in [0.717, 1.165) is 18.4 Å². The SMILES string of the molecule is CCCCOC(=O)N[C@@H](Cc1ccccc1)[C@@H](OC(C)=O)C(=O)OC(C)C. The van der Waals surface area contributed by atoms with Crippen molar-refractivity contribution in [2.45, 2.75) is 65.2 Å². The molecule has 150 valence electrons. The molecule has 1 aromatic carbocycles. The number of rotatable bonds is 10. The highest BCUT2D eigenvalue weighted by molar-refractivity contribution is 5.80. The number of hydrogen-bond donors (Lipinski definition) is 1. The second-order valence-electron chi connectivity index (χ2n) is 6.45. The van der Waals surface area contributed by atoms with Gasteiger partial charge in [-0.2, -0.15) is 0 Å². The lowest BCUT2D eigenvalue weighted by atomic mass is 10.0. The fourth-order valence-electron chi connectivity index (χ4n) is 2.38. The lowest BCUT2D eigenvalue weighted by Crippen LogP contribution is -2.51. The molecule has 0 spiro atoms. The lowest BCUT2D eigenvalue weighted by molar-refractivity contribution is -0.171. The third-order valence-electron chi connectivity index (χ3n) is 3.58. The molecule has 0 saturated carbocycles. The Bertz CT molecular complexity index is 602. The smallest absolute Gasteiger partial charge is 0.407 e. The van der Waals surface area contributed by atoms with Crippen molar-refractivity contribution in [2.24, 2.45) is 0 Å². The molecule has 1 amide bonds. The number of ether oxygens (including phenoxy) is 3. The van der Waals surface area contributed by atoms with Crippen LogP contribution < -0.4 is 5.32 Å². The molecule has 1 rings (SSSR count). The summed E-state index contributed by atoms with van der Waals surface area (Å²) < 4.78 is 15.5. The third-order valence-corrected chi connectivity index (χ3v) is 3.58. The summed E-state index contributed by atoms with van der Waals surface area (Å²) in [5.74, 6) is -1.35. The zero-order valence-electron chi connectivity index (χ0n) is 16.4. The second kappa shape index (κ2) is 11.9. The number of unbranched alkanes of at least 4 members (excludes halogenated alkanes) is 1. The van der Waals surface area contributed by atoms with Crippen LogP contribution in [-0.4, -0.2) is 42.9 Å². The number of esters is 2. The molecule has 7 heteroatoms. The molecule has 1 N–H and O–H groups in total. The van der Waals surface area contributed by atoms with E-state index in [0.29, 0.717) is 0 Å². The molecule has 2 atom stereocenters. The van der Waals surface area contributed by atoms with Crippen LogP contribution in [0.4, 0.5) is 4.79 Å². The molecule has 0 radical (unpaired) electrons. The largest absolute Gasteiger partial charge is 0.460 e. The predicted octanol–water partition coefficient (Wildman–Crippen LogP) is 3.01. The van der Waals surface area contributed by atoms with Gasteiger partial charge in [-0.1, -0.05) is 43.7 Å². The second-order valence-corrected chi connectivity index (χ2v) is 6.45. The first-order valence-electron chi connectivity index (χ1n) is 9.18. The van der Waals surface area contributed by atoms with Crippen LogP contribution in [0.25, 0.3) is 0 Å². The molecule has 7 nitrogen and oxygen atoms in total. The summed E-state index contributed by atoms with van der Waals surface area (Å²) in [6.45, 7) is 6.85. The van der Waals surface area contributed by atoms with Gasteiger partial charge in [0.05, 0.1) is 18.8 Å². The minimum atomic E-state index is -1.27. The Kier molecular flexibility index (Phi) is 9.93. The highest BCUT2D eigenvalue weighted by atomic mass is 16.6. The van der Waals surface area contributed by atoms with Gasteiger partial charge in [0.15, 0.2) is 0 Å². The maximum Gasteiger partial charge on any atom is 0.407 e. The van der Waals surface area contributed by atoms with Gasteiger partial charge in [-0.3, -0.25) is 4.79 Å². The lowest BCUT2D eigenvalue weighted by Gasteiger charge is -2.26. The van der Waals surface area contributed by atoms with Crippen LogP contribution in [0.5, 0.6) is 0 Å². The molecule has 0 aromatic heterocycles. The fourth-order valence-corrected chi connectivity index (χ4v) is 2.38. The van der Waals surface area contributed by atoms with Gasteiger partial charge in [-0.15, -0.1) is 0 Å². The number of benzene rings is 1. The van der Waals surface area contributed by atoms with Crippen LogP contribution in [0, 0.1) is 0 Å². The van der Waals surface area contributed by atoms with Crippen molar-refractivity contribution >= 4 is 18.0 Å². The van der Waals surface area contributed by atoms with Crippen LogP contribution in [0.15, 0.2) is 30.3 Å². The van der Waals surface area contributed by atoms with E-state index in [1.165, 1.54) is 6.92 Å². The number of alkyl carbamates (subject to hydrolysis) is 1. The van der Waals surface area contributed by atoms with Gasteiger partial charge in [-0.25, -0.2) is 9.59 Å². The van der Waals surface area contributed by atoms with Crippen molar-refractivity contribution in [2.75, 3.05) is 6.61 Å². The molecular formula is C20H29NO6. The number of carbonyl (C=O) groups excluding carboxylic acids is 3. The van der Waals surface area contributed by atoms with Crippen LogP contribution in [0.3, 0.4) is 0 Å². The van der Waals surface area contributed by atoms with Crippen molar-refractivity contribution in [3.05, 3.63) is 35.9 Å². The quantitative estimate of drug-likeness (QED) is 0.382. The van der Waals surface area contributed by atoms with Gasteiger partial charge in [0.25, 0.3) is 0 Å². The van der Waals surface area contributed by atoms with Crippen molar-refractivity contribution in [3.8, 4) is 0 Å². The molecular weight excluding hydrogens is 350 g/mol. The zero-order chi connectivity index (χ0) is 20.2. The third kappa shape index (κ3) is 9.08. The van der Waals surface area contributed by atoms with Crippen LogP contribution in [0.1, 0.15) is 46.1 Å². The molecule has 0 fully saturated rings. The molecule has 0 bridgehead atoms. The average molecular weight is 379 g/mol.